The number of anilines is 2. The topological polar surface area (TPSA) is 71.1 Å². The third-order valence-corrected chi connectivity index (χ3v) is 6.49. The summed E-state index contributed by atoms with van der Waals surface area (Å²) in [6.07, 6.45) is 0. The first kappa shape index (κ1) is 22.7. The molecule has 0 radical (unpaired) electrons. The summed E-state index contributed by atoms with van der Waals surface area (Å²) in [5, 5.41) is 8.00. The van der Waals surface area contributed by atoms with E-state index in [2.05, 4.69) is 15.6 Å². The maximum Gasteiger partial charge on any atom is 0.255 e. The number of hydrogen-bond donors (Lipinski definition) is 2. The second-order valence-corrected chi connectivity index (χ2v) is 9.09. The Hall–Kier alpha value is -3.49. The maximum atomic E-state index is 13.1. The van der Waals surface area contributed by atoms with Gasteiger partial charge in [-0.25, -0.2) is 9.37 Å². The van der Waals surface area contributed by atoms with Crippen molar-refractivity contribution >= 4 is 45.7 Å². The summed E-state index contributed by atoms with van der Waals surface area (Å²) in [4.78, 5) is 30.2. The van der Waals surface area contributed by atoms with Crippen molar-refractivity contribution in [2.75, 3.05) is 16.4 Å². The zero-order valence-electron chi connectivity index (χ0n) is 17.7. The van der Waals surface area contributed by atoms with Gasteiger partial charge in [-0.1, -0.05) is 24.3 Å². The van der Waals surface area contributed by atoms with E-state index >= 15 is 0 Å². The summed E-state index contributed by atoms with van der Waals surface area (Å²) >= 11 is 2.68. The lowest BCUT2D eigenvalue weighted by Crippen LogP contribution is -2.14. The molecule has 1 heterocycles. The van der Waals surface area contributed by atoms with E-state index < -0.39 is 0 Å². The SMILES string of the molecule is Cc1ccccc1C(=O)Nc1cccc(SCC(=O)Nc2nc(-c3ccc(F)cc3)cs2)c1. The van der Waals surface area contributed by atoms with Gasteiger partial charge in [0.2, 0.25) is 5.91 Å². The average Bonchev–Trinajstić information content (AvgIpc) is 3.27. The average molecular weight is 478 g/mol. The molecule has 0 spiro atoms. The molecule has 2 N–H and O–H groups in total. The number of rotatable bonds is 7. The number of thioether (sulfide) groups is 1. The molecular weight excluding hydrogens is 457 g/mol. The van der Waals surface area contributed by atoms with E-state index in [1.807, 2.05) is 54.8 Å². The molecule has 0 atom stereocenters. The first-order valence-corrected chi connectivity index (χ1v) is 12.0. The first-order valence-electron chi connectivity index (χ1n) is 10.1. The third kappa shape index (κ3) is 6.06. The Morgan fingerprint density at radius 3 is 2.58 bits per heavy atom. The van der Waals surface area contributed by atoms with Crippen LogP contribution < -0.4 is 10.6 Å². The summed E-state index contributed by atoms with van der Waals surface area (Å²) in [5.74, 6) is -0.470. The van der Waals surface area contributed by atoms with Gasteiger partial charge in [-0.2, -0.15) is 0 Å². The van der Waals surface area contributed by atoms with Gasteiger partial charge in [0.25, 0.3) is 5.91 Å². The van der Waals surface area contributed by atoms with Crippen molar-refractivity contribution in [3.8, 4) is 11.3 Å². The minimum Gasteiger partial charge on any atom is -0.322 e. The Morgan fingerprint density at radius 1 is 1.00 bits per heavy atom. The summed E-state index contributed by atoms with van der Waals surface area (Å²) < 4.78 is 13.1. The van der Waals surface area contributed by atoms with Crippen LogP contribution in [0.3, 0.4) is 0 Å². The van der Waals surface area contributed by atoms with Crippen LogP contribution in [-0.4, -0.2) is 22.6 Å². The van der Waals surface area contributed by atoms with Crippen molar-refractivity contribution in [2.45, 2.75) is 11.8 Å². The minimum atomic E-state index is -0.307. The molecule has 0 unspecified atom stereocenters. The molecule has 166 valence electrons. The molecular formula is C25H20FN3O2S2. The smallest absolute Gasteiger partial charge is 0.255 e. The lowest BCUT2D eigenvalue weighted by atomic mass is 10.1. The van der Waals surface area contributed by atoms with Crippen molar-refractivity contribution in [1.29, 1.82) is 0 Å². The van der Waals surface area contributed by atoms with Crippen LogP contribution in [0.25, 0.3) is 11.3 Å². The Labute approximate surface area is 199 Å². The zero-order chi connectivity index (χ0) is 23.2. The van der Waals surface area contributed by atoms with E-state index in [1.54, 1.807) is 18.2 Å². The van der Waals surface area contributed by atoms with Gasteiger partial charge in [-0.05, 0) is 61.0 Å². The molecule has 4 rings (SSSR count). The van der Waals surface area contributed by atoms with Gasteiger partial charge in [0.1, 0.15) is 5.82 Å². The molecule has 8 heteroatoms. The van der Waals surface area contributed by atoms with Gasteiger partial charge >= 0.3 is 0 Å². The van der Waals surface area contributed by atoms with Crippen LogP contribution in [0.1, 0.15) is 15.9 Å². The van der Waals surface area contributed by atoms with E-state index in [9.17, 15) is 14.0 Å². The number of halogens is 1. The molecule has 4 aromatic rings. The van der Waals surface area contributed by atoms with Gasteiger partial charge in [0, 0.05) is 27.1 Å². The van der Waals surface area contributed by atoms with Gasteiger partial charge in [-0.3, -0.25) is 9.59 Å². The number of carbonyl (C=O) groups is 2. The molecule has 2 amide bonds. The summed E-state index contributed by atoms with van der Waals surface area (Å²) in [6.45, 7) is 1.89. The summed E-state index contributed by atoms with van der Waals surface area (Å²) in [6, 6.07) is 20.8. The van der Waals surface area contributed by atoms with Crippen LogP contribution in [0.15, 0.2) is 83.1 Å². The first-order chi connectivity index (χ1) is 16.0. The van der Waals surface area contributed by atoms with Crippen LogP contribution >= 0.6 is 23.1 Å². The second-order valence-electron chi connectivity index (χ2n) is 7.18. The fourth-order valence-corrected chi connectivity index (χ4v) is 4.57. The number of amides is 2. The van der Waals surface area contributed by atoms with Crippen molar-refractivity contribution in [3.63, 3.8) is 0 Å². The molecule has 1 aromatic heterocycles. The maximum absolute atomic E-state index is 13.1. The highest BCUT2D eigenvalue weighted by Crippen LogP contribution is 2.26. The lowest BCUT2D eigenvalue weighted by molar-refractivity contribution is -0.113. The van der Waals surface area contributed by atoms with Crippen LogP contribution in [0.2, 0.25) is 0 Å². The molecule has 0 aliphatic heterocycles. The van der Waals surface area contributed by atoms with E-state index in [0.29, 0.717) is 22.1 Å². The molecule has 0 saturated carbocycles. The van der Waals surface area contributed by atoms with Crippen LogP contribution in [0, 0.1) is 12.7 Å². The van der Waals surface area contributed by atoms with Crippen molar-refractivity contribution in [2.24, 2.45) is 0 Å². The van der Waals surface area contributed by atoms with E-state index in [0.717, 1.165) is 16.0 Å². The monoisotopic (exact) mass is 477 g/mol. The normalized spacial score (nSPS) is 10.6. The number of nitrogens with zero attached hydrogens (tertiary/aromatic N) is 1. The van der Waals surface area contributed by atoms with Gasteiger partial charge < -0.3 is 10.6 Å². The largest absolute Gasteiger partial charge is 0.322 e. The van der Waals surface area contributed by atoms with E-state index in [1.165, 1.54) is 35.2 Å². The predicted octanol–water partition coefficient (Wildman–Crippen LogP) is 6.24. The lowest BCUT2D eigenvalue weighted by Gasteiger charge is -2.09. The van der Waals surface area contributed by atoms with Crippen LogP contribution in [-0.2, 0) is 4.79 Å². The fourth-order valence-electron chi connectivity index (χ4n) is 3.08. The Morgan fingerprint density at radius 2 is 1.79 bits per heavy atom. The molecule has 0 aliphatic rings. The zero-order valence-corrected chi connectivity index (χ0v) is 19.3. The van der Waals surface area contributed by atoms with Crippen molar-refractivity contribution < 1.29 is 14.0 Å². The highest BCUT2D eigenvalue weighted by Gasteiger charge is 2.11. The van der Waals surface area contributed by atoms with Gasteiger partial charge in [0.05, 0.1) is 11.4 Å². The predicted molar refractivity (Wildman–Crippen MR) is 132 cm³/mol. The van der Waals surface area contributed by atoms with Crippen molar-refractivity contribution in [3.05, 3.63) is 95.1 Å². The third-order valence-electron chi connectivity index (χ3n) is 4.74. The Balaban J connectivity index is 1.32. The van der Waals surface area contributed by atoms with Gasteiger partial charge in [0.15, 0.2) is 5.13 Å². The molecule has 33 heavy (non-hydrogen) atoms. The number of thiazole rings is 1. The molecule has 0 aliphatic carbocycles. The molecule has 5 nitrogen and oxygen atoms in total. The number of carbonyl (C=O) groups excluding carboxylic acids is 2. The number of hydrogen-bond acceptors (Lipinski definition) is 5. The summed E-state index contributed by atoms with van der Waals surface area (Å²) in [5.41, 5.74) is 3.66. The molecule has 0 bridgehead atoms. The van der Waals surface area contributed by atoms with Crippen LogP contribution in [0.4, 0.5) is 15.2 Å². The number of nitrogens with one attached hydrogen (secondary N) is 2. The van der Waals surface area contributed by atoms with Gasteiger partial charge in [-0.15, -0.1) is 23.1 Å². The fraction of sp³-hybridized carbons (Fsp3) is 0.0800. The standard InChI is InChI=1S/C25H20FN3O2S2/c1-16-5-2-3-8-21(16)24(31)27-19-6-4-7-20(13-19)32-15-23(30)29-25-28-22(14-33-25)17-9-11-18(26)12-10-17/h2-14H,15H2,1H3,(H,27,31)(H,28,29,30). The minimum absolute atomic E-state index is 0.172. The second kappa shape index (κ2) is 10.4. The Kier molecular flexibility index (Phi) is 7.16. The molecule has 3 aromatic carbocycles. The van der Waals surface area contributed by atoms with E-state index in [-0.39, 0.29) is 23.4 Å². The van der Waals surface area contributed by atoms with E-state index in [4.69, 9.17) is 0 Å². The number of aromatic nitrogens is 1. The van der Waals surface area contributed by atoms with Crippen LogP contribution in [0.5, 0.6) is 0 Å². The quantitative estimate of drug-likeness (QED) is 0.309. The summed E-state index contributed by atoms with van der Waals surface area (Å²) in [7, 11) is 0. The molecule has 0 saturated heterocycles. The van der Waals surface area contributed by atoms with Crippen molar-refractivity contribution in [1.82, 2.24) is 4.98 Å². The number of aryl methyl sites for hydroxylation is 1. The highest BCUT2D eigenvalue weighted by atomic mass is 32.2. The Bertz CT molecular complexity index is 1290. The molecule has 0 fully saturated rings. The highest BCUT2D eigenvalue weighted by molar-refractivity contribution is 8.00. The number of benzene rings is 3.